The van der Waals surface area contributed by atoms with E-state index < -0.39 is 17.6 Å². The first-order valence-electron chi connectivity index (χ1n) is 5.61. The van der Waals surface area contributed by atoms with Gasteiger partial charge in [0.2, 0.25) is 0 Å². The van der Waals surface area contributed by atoms with E-state index in [0.717, 1.165) is 5.56 Å². The van der Waals surface area contributed by atoms with Gasteiger partial charge in [0.25, 0.3) is 0 Å². The predicted octanol–water partition coefficient (Wildman–Crippen LogP) is -2.09. The molecule has 0 bridgehead atoms. The third-order valence-corrected chi connectivity index (χ3v) is 2.62. The Morgan fingerprint density at radius 3 is 2.44 bits per heavy atom. The number of hydrogen-bond acceptors (Lipinski definition) is 3. The minimum absolute atomic E-state index is 0. The first-order chi connectivity index (χ1) is 7.94. The van der Waals surface area contributed by atoms with Gasteiger partial charge in [0.15, 0.2) is 0 Å². The predicted molar refractivity (Wildman–Crippen MR) is 66.4 cm³/mol. The molecular weight excluding hydrogens is 221 g/mol. The summed E-state index contributed by atoms with van der Waals surface area (Å²) < 4.78 is 0. The van der Waals surface area contributed by atoms with E-state index in [-0.39, 0.29) is 18.9 Å². The van der Waals surface area contributed by atoms with Crippen molar-refractivity contribution in [3.05, 3.63) is 48.6 Å². The molecule has 0 saturated heterocycles. The molecule has 1 N–H and O–H groups in total. The second-order valence-electron chi connectivity index (χ2n) is 4.63. The fourth-order valence-corrected chi connectivity index (χ4v) is 1.55. The van der Waals surface area contributed by atoms with Crippen molar-refractivity contribution in [2.24, 2.45) is 0 Å². The molecule has 0 heterocycles. The van der Waals surface area contributed by atoms with Gasteiger partial charge < -0.3 is 15.2 Å². The van der Waals surface area contributed by atoms with Crippen LogP contribution in [0.2, 0.25) is 0 Å². The number of carbonyl (C=O) groups is 1. The third-order valence-electron chi connectivity index (χ3n) is 2.62. The zero-order valence-electron chi connectivity index (χ0n) is 11.3. The molecule has 1 atom stereocenters. The Labute approximate surface area is 120 Å². The monoisotopic (exact) mass is 239 g/mol. The summed E-state index contributed by atoms with van der Waals surface area (Å²) in [7, 11) is 0. The van der Waals surface area contributed by atoms with Gasteiger partial charge in [-0.1, -0.05) is 36.4 Å². The molecule has 18 heavy (non-hydrogen) atoms. The summed E-state index contributed by atoms with van der Waals surface area (Å²) in [5.74, 6) is -1.09. The molecular formula is C14H18LiNO2. The zero-order chi connectivity index (χ0) is 12.9. The number of benzene rings is 1. The van der Waals surface area contributed by atoms with Gasteiger partial charge in [0.05, 0.1) is 12.0 Å². The van der Waals surface area contributed by atoms with Crippen LogP contribution in [0.15, 0.2) is 43.0 Å². The number of carbonyl (C=O) groups excluding carboxylic acids is 1. The van der Waals surface area contributed by atoms with Gasteiger partial charge in [0, 0.05) is 5.54 Å². The second-order valence-corrected chi connectivity index (χ2v) is 4.63. The minimum atomic E-state index is -1.09. The Morgan fingerprint density at radius 2 is 2.00 bits per heavy atom. The average Bonchev–Trinajstić information content (AvgIpc) is 2.29. The minimum Gasteiger partial charge on any atom is -0.548 e. The summed E-state index contributed by atoms with van der Waals surface area (Å²) >= 11 is 0. The van der Waals surface area contributed by atoms with E-state index in [2.05, 4.69) is 11.9 Å². The Bertz CT molecular complexity index is 390. The van der Waals surface area contributed by atoms with E-state index in [1.165, 1.54) is 0 Å². The number of nitrogens with one attached hydrogen (secondary N) is 1. The van der Waals surface area contributed by atoms with Gasteiger partial charge in [-0.25, -0.2) is 0 Å². The van der Waals surface area contributed by atoms with Crippen LogP contribution in [0.3, 0.4) is 0 Å². The molecule has 0 amide bonds. The number of carboxylic acids is 1. The molecule has 1 aromatic carbocycles. The molecule has 3 nitrogen and oxygen atoms in total. The normalized spacial score (nSPS) is 12.3. The fraction of sp³-hybridized carbons (Fsp3) is 0.357. The smallest absolute Gasteiger partial charge is 0.548 e. The standard InChI is InChI=1S/C14H19NO2.Li/c1-4-14(2,3)15-12(13(16)17)10-11-8-6-5-7-9-11;/h4-9,12,15H,1,10H2,2-3H3,(H,16,17);/q;+1/p-1/t12-;/m0./s1. The molecule has 0 fully saturated rings. The van der Waals surface area contributed by atoms with Crippen LogP contribution in [0.5, 0.6) is 0 Å². The molecule has 4 heteroatoms. The maximum atomic E-state index is 11.1. The Balaban J connectivity index is 0.00000289. The third kappa shape index (κ3) is 5.55. The van der Waals surface area contributed by atoms with E-state index in [9.17, 15) is 9.90 Å². The fourth-order valence-electron chi connectivity index (χ4n) is 1.55. The Hall–Kier alpha value is -1.01. The van der Waals surface area contributed by atoms with Crippen molar-refractivity contribution >= 4 is 5.97 Å². The summed E-state index contributed by atoms with van der Waals surface area (Å²) in [4.78, 5) is 11.1. The van der Waals surface area contributed by atoms with Gasteiger partial charge in [-0.3, -0.25) is 0 Å². The van der Waals surface area contributed by atoms with Gasteiger partial charge in [0.1, 0.15) is 0 Å². The maximum Gasteiger partial charge on any atom is 1.00 e. The molecule has 0 aliphatic heterocycles. The summed E-state index contributed by atoms with van der Waals surface area (Å²) in [6.07, 6.45) is 2.09. The molecule has 0 saturated carbocycles. The van der Waals surface area contributed by atoms with Gasteiger partial charge in [-0.2, -0.15) is 0 Å². The first-order valence-corrected chi connectivity index (χ1v) is 5.61. The quantitative estimate of drug-likeness (QED) is 0.457. The van der Waals surface area contributed by atoms with E-state index in [4.69, 9.17) is 0 Å². The number of rotatable bonds is 6. The van der Waals surface area contributed by atoms with Crippen LogP contribution in [0.1, 0.15) is 19.4 Å². The van der Waals surface area contributed by atoms with Crippen LogP contribution in [-0.4, -0.2) is 17.6 Å². The van der Waals surface area contributed by atoms with Gasteiger partial charge in [-0.05, 0) is 25.8 Å². The van der Waals surface area contributed by atoms with Crippen LogP contribution in [-0.2, 0) is 11.2 Å². The average molecular weight is 239 g/mol. The number of carboxylic acid groups (broad SMARTS) is 1. The Kier molecular flexibility index (Phi) is 7.01. The van der Waals surface area contributed by atoms with Crippen LogP contribution in [0, 0.1) is 0 Å². The molecule has 0 aliphatic rings. The van der Waals surface area contributed by atoms with E-state index >= 15 is 0 Å². The number of hydrogen-bond donors (Lipinski definition) is 1. The topological polar surface area (TPSA) is 52.2 Å². The summed E-state index contributed by atoms with van der Waals surface area (Å²) in [5.41, 5.74) is 0.536. The molecule has 92 valence electrons. The van der Waals surface area contributed by atoms with Crippen LogP contribution >= 0.6 is 0 Å². The van der Waals surface area contributed by atoms with Crippen molar-refractivity contribution in [1.82, 2.24) is 5.32 Å². The van der Waals surface area contributed by atoms with Crippen LogP contribution in [0.4, 0.5) is 0 Å². The second kappa shape index (κ2) is 7.43. The summed E-state index contributed by atoms with van der Waals surface area (Å²) in [6, 6.07) is 8.77. The van der Waals surface area contributed by atoms with E-state index in [0.29, 0.717) is 6.42 Å². The van der Waals surface area contributed by atoms with Crippen LogP contribution in [0.25, 0.3) is 0 Å². The molecule has 0 spiro atoms. The van der Waals surface area contributed by atoms with E-state index in [1.807, 2.05) is 44.2 Å². The van der Waals surface area contributed by atoms with Crippen molar-refractivity contribution in [1.29, 1.82) is 0 Å². The number of aliphatic carboxylic acids is 1. The molecule has 0 aliphatic carbocycles. The Morgan fingerprint density at radius 1 is 1.44 bits per heavy atom. The molecule has 0 aromatic heterocycles. The van der Waals surface area contributed by atoms with Crippen molar-refractivity contribution in [2.75, 3.05) is 0 Å². The summed E-state index contributed by atoms with van der Waals surface area (Å²) in [6.45, 7) is 7.43. The van der Waals surface area contributed by atoms with Gasteiger partial charge in [-0.15, -0.1) is 6.58 Å². The molecule has 0 unspecified atom stereocenters. The molecule has 0 radical (unpaired) electrons. The molecule has 1 rings (SSSR count). The van der Waals surface area contributed by atoms with Crippen molar-refractivity contribution in [3.63, 3.8) is 0 Å². The van der Waals surface area contributed by atoms with Crippen molar-refractivity contribution in [2.45, 2.75) is 31.8 Å². The van der Waals surface area contributed by atoms with Gasteiger partial charge >= 0.3 is 18.9 Å². The largest absolute Gasteiger partial charge is 1.00 e. The van der Waals surface area contributed by atoms with E-state index in [1.54, 1.807) is 6.08 Å². The van der Waals surface area contributed by atoms with Crippen LogP contribution < -0.4 is 29.3 Å². The SMILES string of the molecule is C=CC(C)(C)N[C@@H](Cc1ccccc1)C(=O)[O-].[Li+]. The zero-order valence-corrected chi connectivity index (χ0v) is 11.3. The van der Waals surface area contributed by atoms with Crippen molar-refractivity contribution in [3.8, 4) is 0 Å². The maximum absolute atomic E-state index is 11.1. The van der Waals surface area contributed by atoms with Crippen molar-refractivity contribution < 1.29 is 28.8 Å². The summed E-state index contributed by atoms with van der Waals surface area (Å²) in [5, 5.41) is 14.1. The molecule has 1 aromatic rings. The first kappa shape index (κ1) is 17.0.